The fourth-order valence-electron chi connectivity index (χ4n) is 4.23. The van der Waals surface area contributed by atoms with Crippen molar-refractivity contribution in [3.63, 3.8) is 0 Å². The van der Waals surface area contributed by atoms with Gasteiger partial charge < -0.3 is 19.4 Å². The third kappa shape index (κ3) is 3.67. The van der Waals surface area contributed by atoms with Crippen molar-refractivity contribution >= 4 is 11.7 Å². The van der Waals surface area contributed by atoms with Crippen LogP contribution in [0.15, 0.2) is 24.4 Å². The van der Waals surface area contributed by atoms with Crippen molar-refractivity contribution in [2.45, 2.75) is 44.7 Å². The summed E-state index contributed by atoms with van der Waals surface area (Å²) in [5, 5.41) is 15.9. The monoisotopic (exact) mass is 423 g/mol. The van der Waals surface area contributed by atoms with Gasteiger partial charge in [0, 0.05) is 31.9 Å². The second-order valence-electron chi connectivity index (χ2n) is 7.94. The zero-order valence-electron chi connectivity index (χ0n) is 17.6. The molecule has 2 aliphatic heterocycles. The number of hydrogen-bond donors (Lipinski definition) is 1. The molecule has 3 aromatic heterocycles. The number of anilines is 1. The van der Waals surface area contributed by atoms with Crippen LogP contribution in [0.1, 0.15) is 54.5 Å². The Morgan fingerprint density at radius 1 is 1.23 bits per heavy atom. The number of aromatic nitrogens is 6. The summed E-state index contributed by atoms with van der Waals surface area (Å²) in [5.74, 6) is 2.11. The minimum absolute atomic E-state index is 0.197. The highest BCUT2D eigenvalue weighted by atomic mass is 16.5. The van der Waals surface area contributed by atoms with E-state index in [4.69, 9.17) is 9.47 Å². The molecule has 3 aromatic rings. The van der Waals surface area contributed by atoms with E-state index in [0.717, 1.165) is 37.3 Å². The van der Waals surface area contributed by atoms with Crippen molar-refractivity contribution < 1.29 is 14.3 Å². The average molecular weight is 423 g/mol. The Morgan fingerprint density at radius 2 is 2.06 bits per heavy atom. The molecule has 1 N–H and O–H groups in total. The van der Waals surface area contributed by atoms with Crippen LogP contribution in [0.4, 0.5) is 5.82 Å². The summed E-state index contributed by atoms with van der Waals surface area (Å²) in [4.78, 5) is 17.6. The molecule has 1 amide bonds. The van der Waals surface area contributed by atoms with Gasteiger partial charge in [0.05, 0.1) is 13.2 Å². The zero-order chi connectivity index (χ0) is 21.4. The summed E-state index contributed by atoms with van der Waals surface area (Å²) in [6.07, 6.45) is 5.42. The van der Waals surface area contributed by atoms with Gasteiger partial charge in [-0.05, 0) is 38.3 Å². The Balaban J connectivity index is 1.38. The predicted octanol–water partition coefficient (Wildman–Crippen LogP) is 2.66. The van der Waals surface area contributed by atoms with Gasteiger partial charge in [-0.25, -0.2) is 4.98 Å². The van der Waals surface area contributed by atoms with Crippen molar-refractivity contribution in [2.24, 2.45) is 0 Å². The van der Waals surface area contributed by atoms with Gasteiger partial charge in [0.15, 0.2) is 5.82 Å². The first-order valence-corrected chi connectivity index (χ1v) is 10.6. The molecule has 0 spiro atoms. The molecule has 0 aromatic carbocycles. The lowest BCUT2D eigenvalue weighted by atomic mass is 10.1. The van der Waals surface area contributed by atoms with E-state index in [-0.39, 0.29) is 11.9 Å². The lowest BCUT2D eigenvalue weighted by molar-refractivity contribution is 0.0659. The predicted molar refractivity (Wildman–Crippen MR) is 112 cm³/mol. The molecule has 31 heavy (non-hydrogen) atoms. The molecule has 5 heterocycles. The van der Waals surface area contributed by atoms with E-state index in [1.165, 1.54) is 7.11 Å². The Labute approximate surface area is 179 Å². The van der Waals surface area contributed by atoms with Crippen molar-refractivity contribution in [1.29, 1.82) is 0 Å². The smallest absolute Gasteiger partial charge is 0.263 e. The van der Waals surface area contributed by atoms with E-state index in [1.54, 1.807) is 16.9 Å². The Kier molecular flexibility index (Phi) is 5.14. The molecule has 0 aliphatic carbocycles. The van der Waals surface area contributed by atoms with Gasteiger partial charge in [-0.15, -0.1) is 15.3 Å². The first-order valence-electron chi connectivity index (χ1n) is 10.6. The first kappa shape index (κ1) is 19.7. The van der Waals surface area contributed by atoms with E-state index in [2.05, 4.69) is 37.1 Å². The summed E-state index contributed by atoms with van der Waals surface area (Å²) >= 11 is 0. The maximum atomic E-state index is 13.0. The van der Waals surface area contributed by atoms with Gasteiger partial charge in [0.2, 0.25) is 5.88 Å². The van der Waals surface area contributed by atoms with Crippen LogP contribution in [0.3, 0.4) is 0 Å². The lowest BCUT2D eigenvalue weighted by Gasteiger charge is -2.22. The number of carbonyl (C=O) groups is 1. The van der Waals surface area contributed by atoms with Crippen molar-refractivity contribution in [3.8, 4) is 17.4 Å². The molecule has 2 aliphatic rings. The third-order valence-corrected chi connectivity index (χ3v) is 5.91. The standard InChI is InChI=1S/C21H25N7O3/c1-13-6-7-18-24-25-19(28(13)18)16-4-3-5-17(22-16)23-20(29)15-12-27(26-21(15)30-2)14-8-10-31-11-9-14/h3-5,12-14H,6-11H2,1-2H3,(H,22,23,29)/t13-/m0/s1. The topological polar surface area (TPSA) is 109 Å². The number of nitrogens with zero attached hydrogens (tertiary/aromatic N) is 6. The summed E-state index contributed by atoms with van der Waals surface area (Å²) in [5.41, 5.74) is 1.05. The number of amides is 1. The second kappa shape index (κ2) is 8.10. The van der Waals surface area contributed by atoms with E-state index in [1.807, 2.05) is 12.1 Å². The molecule has 0 bridgehead atoms. The fourth-order valence-corrected chi connectivity index (χ4v) is 4.23. The third-order valence-electron chi connectivity index (χ3n) is 5.91. The van der Waals surface area contributed by atoms with E-state index < -0.39 is 0 Å². The van der Waals surface area contributed by atoms with E-state index >= 15 is 0 Å². The summed E-state index contributed by atoms with van der Waals surface area (Å²) < 4.78 is 14.7. The number of fused-ring (bicyclic) bond motifs is 1. The van der Waals surface area contributed by atoms with Crippen LogP contribution in [-0.2, 0) is 11.2 Å². The van der Waals surface area contributed by atoms with E-state index in [0.29, 0.717) is 42.2 Å². The van der Waals surface area contributed by atoms with Crippen LogP contribution in [0.5, 0.6) is 5.88 Å². The highest BCUT2D eigenvalue weighted by molar-refractivity contribution is 6.05. The number of nitrogens with one attached hydrogen (secondary N) is 1. The number of hydrogen-bond acceptors (Lipinski definition) is 7. The molecule has 10 nitrogen and oxygen atoms in total. The molecule has 1 atom stereocenters. The summed E-state index contributed by atoms with van der Waals surface area (Å²) in [6, 6.07) is 6.01. The number of ether oxygens (including phenoxy) is 2. The normalized spacial score (nSPS) is 18.7. The fraction of sp³-hybridized carbons (Fsp3) is 0.476. The molecule has 10 heteroatoms. The van der Waals surface area contributed by atoms with Crippen LogP contribution in [0.25, 0.3) is 11.5 Å². The van der Waals surface area contributed by atoms with Gasteiger partial charge in [-0.1, -0.05) is 6.07 Å². The molecule has 0 saturated carbocycles. The average Bonchev–Trinajstić information content (AvgIpc) is 3.51. The van der Waals surface area contributed by atoms with Gasteiger partial charge in [-0.3, -0.25) is 9.48 Å². The molecule has 1 fully saturated rings. The number of pyridine rings is 1. The molecule has 162 valence electrons. The van der Waals surface area contributed by atoms with Crippen molar-refractivity contribution in [1.82, 2.24) is 29.5 Å². The Hall–Kier alpha value is -3.27. The van der Waals surface area contributed by atoms with Crippen LogP contribution < -0.4 is 10.1 Å². The number of rotatable bonds is 5. The SMILES string of the molecule is COc1nn(C2CCOCC2)cc1C(=O)Nc1cccc(-c2nnc3n2[C@@H](C)CC3)n1. The first-order chi connectivity index (χ1) is 15.1. The minimum Gasteiger partial charge on any atom is -0.479 e. The molecular weight excluding hydrogens is 398 g/mol. The van der Waals surface area contributed by atoms with Gasteiger partial charge in [0.25, 0.3) is 5.91 Å². The molecule has 0 radical (unpaired) electrons. The van der Waals surface area contributed by atoms with Gasteiger partial charge >= 0.3 is 0 Å². The molecule has 0 unspecified atom stereocenters. The Morgan fingerprint density at radius 3 is 2.87 bits per heavy atom. The minimum atomic E-state index is -0.320. The molecule has 1 saturated heterocycles. The van der Waals surface area contributed by atoms with Crippen molar-refractivity contribution in [3.05, 3.63) is 35.8 Å². The van der Waals surface area contributed by atoms with E-state index in [9.17, 15) is 4.79 Å². The van der Waals surface area contributed by atoms with Crippen molar-refractivity contribution in [2.75, 3.05) is 25.6 Å². The quantitative estimate of drug-likeness (QED) is 0.672. The number of carbonyl (C=O) groups excluding carboxylic acids is 1. The van der Waals surface area contributed by atoms with Gasteiger partial charge in [-0.2, -0.15) is 0 Å². The molecule has 5 rings (SSSR count). The zero-order valence-corrected chi connectivity index (χ0v) is 17.6. The van der Waals surface area contributed by atoms with Crippen LogP contribution >= 0.6 is 0 Å². The number of aryl methyl sites for hydroxylation is 1. The highest BCUT2D eigenvalue weighted by Crippen LogP contribution is 2.30. The Bertz CT molecular complexity index is 1100. The van der Waals surface area contributed by atoms with Gasteiger partial charge in [0.1, 0.15) is 22.9 Å². The summed E-state index contributed by atoms with van der Waals surface area (Å²) in [6.45, 7) is 3.53. The maximum absolute atomic E-state index is 13.0. The highest BCUT2D eigenvalue weighted by Gasteiger charge is 2.26. The lowest BCUT2D eigenvalue weighted by Crippen LogP contribution is -2.20. The van der Waals surface area contributed by atoms with Crippen LogP contribution in [-0.4, -0.2) is 55.8 Å². The summed E-state index contributed by atoms with van der Waals surface area (Å²) in [7, 11) is 1.51. The maximum Gasteiger partial charge on any atom is 0.263 e. The largest absolute Gasteiger partial charge is 0.479 e. The van der Waals surface area contributed by atoms with Crippen LogP contribution in [0, 0.1) is 0 Å². The van der Waals surface area contributed by atoms with Crippen LogP contribution in [0.2, 0.25) is 0 Å². The second-order valence-corrected chi connectivity index (χ2v) is 7.94. The molecular formula is C21H25N7O3. The number of methoxy groups -OCH3 is 1.